The summed E-state index contributed by atoms with van der Waals surface area (Å²) in [5.74, 6) is 0.817. The van der Waals surface area contributed by atoms with Gasteiger partial charge in [0.05, 0.1) is 38.1 Å². The smallest absolute Gasteiger partial charge is 0.267 e. The number of nitrogens with zero attached hydrogens (tertiary/aromatic N) is 4. The predicted octanol–water partition coefficient (Wildman–Crippen LogP) is 2.54. The highest BCUT2D eigenvalue weighted by molar-refractivity contribution is 5.92. The molecule has 0 amide bonds. The molecule has 0 aliphatic carbocycles. The summed E-state index contributed by atoms with van der Waals surface area (Å²) in [7, 11) is 1.68. The lowest BCUT2D eigenvalue weighted by molar-refractivity contribution is 0.108. The SMILES string of the molecule is COc1ccc2nccc(N3CCCC3Cn3nc4c(cc3=O)COCC4)c2c1. The summed E-state index contributed by atoms with van der Waals surface area (Å²) < 4.78 is 12.5. The zero-order chi connectivity index (χ0) is 19.8. The summed E-state index contributed by atoms with van der Waals surface area (Å²) in [6.07, 6.45) is 4.73. The van der Waals surface area contributed by atoms with Gasteiger partial charge in [-0.05, 0) is 37.1 Å². The van der Waals surface area contributed by atoms with Crippen molar-refractivity contribution in [2.45, 2.75) is 38.5 Å². The maximum absolute atomic E-state index is 12.6. The minimum absolute atomic E-state index is 0.0534. The highest BCUT2D eigenvalue weighted by Gasteiger charge is 2.27. The summed E-state index contributed by atoms with van der Waals surface area (Å²) in [6.45, 7) is 2.69. The Morgan fingerprint density at radius 3 is 3.10 bits per heavy atom. The Balaban J connectivity index is 1.49. The van der Waals surface area contributed by atoms with E-state index < -0.39 is 0 Å². The van der Waals surface area contributed by atoms with Crippen LogP contribution in [0.2, 0.25) is 0 Å². The van der Waals surface area contributed by atoms with E-state index in [-0.39, 0.29) is 11.6 Å². The summed E-state index contributed by atoms with van der Waals surface area (Å²) in [5, 5.41) is 5.73. The van der Waals surface area contributed by atoms with Gasteiger partial charge in [0.1, 0.15) is 5.75 Å². The van der Waals surface area contributed by atoms with Crippen LogP contribution < -0.4 is 15.2 Å². The van der Waals surface area contributed by atoms with E-state index in [0.717, 1.165) is 59.4 Å². The van der Waals surface area contributed by atoms with Crippen LogP contribution >= 0.6 is 0 Å². The fraction of sp³-hybridized carbons (Fsp3) is 0.409. The lowest BCUT2D eigenvalue weighted by Crippen LogP contribution is -2.38. The Morgan fingerprint density at radius 2 is 2.21 bits per heavy atom. The third kappa shape index (κ3) is 3.35. The average molecular weight is 392 g/mol. The van der Waals surface area contributed by atoms with Crippen molar-refractivity contribution >= 4 is 16.6 Å². The van der Waals surface area contributed by atoms with Crippen LogP contribution in [0.25, 0.3) is 10.9 Å². The van der Waals surface area contributed by atoms with Gasteiger partial charge in [-0.2, -0.15) is 5.10 Å². The fourth-order valence-corrected chi connectivity index (χ4v) is 4.41. The zero-order valence-electron chi connectivity index (χ0n) is 16.5. The minimum atomic E-state index is -0.0534. The predicted molar refractivity (Wildman–Crippen MR) is 111 cm³/mol. The molecule has 7 nitrogen and oxygen atoms in total. The molecular weight excluding hydrogens is 368 g/mol. The first kappa shape index (κ1) is 18.1. The van der Waals surface area contributed by atoms with E-state index in [1.165, 1.54) is 0 Å². The van der Waals surface area contributed by atoms with Crippen molar-refractivity contribution in [1.29, 1.82) is 0 Å². The van der Waals surface area contributed by atoms with E-state index >= 15 is 0 Å². The van der Waals surface area contributed by atoms with Crippen LogP contribution in [0.15, 0.2) is 41.3 Å². The lowest BCUT2D eigenvalue weighted by atomic mass is 10.1. The summed E-state index contributed by atoms with van der Waals surface area (Å²) in [4.78, 5) is 19.5. The molecule has 0 bridgehead atoms. The molecule has 1 atom stereocenters. The van der Waals surface area contributed by atoms with Crippen molar-refractivity contribution in [2.75, 3.05) is 25.2 Å². The third-order valence-corrected chi connectivity index (χ3v) is 5.90. The van der Waals surface area contributed by atoms with Crippen molar-refractivity contribution in [2.24, 2.45) is 0 Å². The second-order valence-corrected chi connectivity index (χ2v) is 7.64. The average Bonchev–Trinajstić information content (AvgIpc) is 3.21. The summed E-state index contributed by atoms with van der Waals surface area (Å²) in [5.41, 5.74) is 3.93. The third-order valence-electron chi connectivity index (χ3n) is 5.90. The Labute approximate surface area is 168 Å². The lowest BCUT2D eigenvalue weighted by Gasteiger charge is -2.28. The highest BCUT2D eigenvalue weighted by atomic mass is 16.5. The second kappa shape index (κ2) is 7.48. The molecule has 0 N–H and O–H groups in total. The normalized spacial score (nSPS) is 18.8. The molecule has 0 saturated carbocycles. The molecule has 1 fully saturated rings. The van der Waals surface area contributed by atoms with Gasteiger partial charge in [0, 0.05) is 47.9 Å². The molecule has 4 heterocycles. The first-order valence-electron chi connectivity index (χ1n) is 10.1. The molecule has 3 aromatic rings. The number of ether oxygens (including phenoxy) is 2. The van der Waals surface area contributed by atoms with Gasteiger partial charge in [0.2, 0.25) is 0 Å². The largest absolute Gasteiger partial charge is 0.497 e. The number of anilines is 1. The Kier molecular flexibility index (Phi) is 4.67. The molecule has 1 aromatic carbocycles. The molecule has 0 radical (unpaired) electrons. The number of pyridine rings is 1. The maximum Gasteiger partial charge on any atom is 0.267 e. The fourth-order valence-electron chi connectivity index (χ4n) is 4.41. The van der Waals surface area contributed by atoms with E-state index in [4.69, 9.17) is 9.47 Å². The number of aromatic nitrogens is 3. The van der Waals surface area contributed by atoms with Gasteiger partial charge in [-0.25, -0.2) is 4.68 Å². The molecule has 2 aliphatic rings. The first-order chi connectivity index (χ1) is 14.2. The van der Waals surface area contributed by atoms with Gasteiger partial charge in [0.15, 0.2) is 0 Å². The van der Waals surface area contributed by atoms with Crippen molar-refractivity contribution < 1.29 is 9.47 Å². The van der Waals surface area contributed by atoms with Gasteiger partial charge in [-0.15, -0.1) is 0 Å². The molecular formula is C22H24N4O3. The monoisotopic (exact) mass is 392 g/mol. The maximum atomic E-state index is 12.6. The zero-order valence-corrected chi connectivity index (χ0v) is 16.5. The molecule has 1 saturated heterocycles. The van der Waals surface area contributed by atoms with Crippen LogP contribution in [-0.4, -0.2) is 41.1 Å². The van der Waals surface area contributed by atoms with Gasteiger partial charge in [-0.3, -0.25) is 9.78 Å². The quantitative estimate of drug-likeness (QED) is 0.680. The van der Waals surface area contributed by atoms with E-state index in [0.29, 0.717) is 19.8 Å². The summed E-state index contributed by atoms with van der Waals surface area (Å²) >= 11 is 0. The van der Waals surface area contributed by atoms with Crippen LogP contribution in [0.1, 0.15) is 24.1 Å². The highest BCUT2D eigenvalue weighted by Crippen LogP contribution is 2.33. The Bertz CT molecular complexity index is 1110. The number of fused-ring (bicyclic) bond motifs is 2. The van der Waals surface area contributed by atoms with Crippen molar-refractivity contribution in [3.63, 3.8) is 0 Å². The molecule has 150 valence electrons. The number of hydrogen-bond donors (Lipinski definition) is 0. The van der Waals surface area contributed by atoms with E-state index in [1.54, 1.807) is 17.9 Å². The van der Waals surface area contributed by atoms with Crippen LogP contribution in [0.4, 0.5) is 5.69 Å². The van der Waals surface area contributed by atoms with Crippen molar-refractivity contribution in [1.82, 2.24) is 14.8 Å². The van der Waals surface area contributed by atoms with Gasteiger partial charge < -0.3 is 14.4 Å². The molecule has 29 heavy (non-hydrogen) atoms. The van der Waals surface area contributed by atoms with Crippen molar-refractivity contribution in [3.8, 4) is 5.75 Å². The number of rotatable bonds is 4. The number of hydrogen-bond acceptors (Lipinski definition) is 6. The summed E-state index contributed by atoms with van der Waals surface area (Å²) in [6, 6.07) is 9.92. The molecule has 0 spiro atoms. The van der Waals surface area contributed by atoms with Gasteiger partial charge in [0.25, 0.3) is 5.56 Å². The van der Waals surface area contributed by atoms with Crippen LogP contribution in [0, 0.1) is 0 Å². The first-order valence-corrected chi connectivity index (χ1v) is 10.1. The van der Waals surface area contributed by atoms with E-state index in [9.17, 15) is 4.79 Å². The minimum Gasteiger partial charge on any atom is -0.497 e. The Hall–Kier alpha value is -2.93. The van der Waals surface area contributed by atoms with Gasteiger partial charge in [-0.1, -0.05) is 0 Å². The number of benzene rings is 1. The van der Waals surface area contributed by atoms with E-state index in [1.807, 2.05) is 24.4 Å². The van der Waals surface area contributed by atoms with Crippen molar-refractivity contribution in [3.05, 3.63) is 58.1 Å². The number of methoxy groups -OCH3 is 1. The molecule has 2 aromatic heterocycles. The van der Waals surface area contributed by atoms with Crippen LogP contribution in [-0.2, 0) is 24.3 Å². The van der Waals surface area contributed by atoms with Crippen LogP contribution in [0.3, 0.4) is 0 Å². The topological polar surface area (TPSA) is 69.5 Å². The van der Waals surface area contributed by atoms with Crippen LogP contribution in [0.5, 0.6) is 5.75 Å². The molecule has 1 unspecified atom stereocenters. The molecule has 7 heteroatoms. The van der Waals surface area contributed by atoms with E-state index in [2.05, 4.69) is 21.0 Å². The molecule has 5 rings (SSSR count). The second-order valence-electron chi connectivity index (χ2n) is 7.64. The van der Waals surface area contributed by atoms with Gasteiger partial charge >= 0.3 is 0 Å². The molecule has 2 aliphatic heterocycles. The Morgan fingerprint density at radius 1 is 1.28 bits per heavy atom. The standard InChI is InChI=1S/C22H24N4O3/c1-28-17-4-5-20-18(12-17)21(6-8-23-20)25-9-2-3-16(25)13-26-22(27)11-15-14-29-10-7-19(15)24-26/h4-6,8,11-12,16H,2-3,7,9-10,13-14H2,1H3.